The highest BCUT2D eigenvalue weighted by Crippen LogP contribution is 2.27. The summed E-state index contributed by atoms with van der Waals surface area (Å²) in [5.41, 5.74) is 0.780. The van der Waals surface area contributed by atoms with Crippen LogP contribution in [-0.4, -0.2) is 12.7 Å². The SMILES string of the molecule is CCCCC(CC)NC(C)c1ccccc1OC(F)F. The van der Waals surface area contributed by atoms with Crippen LogP contribution in [0, 0.1) is 0 Å². The van der Waals surface area contributed by atoms with Gasteiger partial charge in [0.25, 0.3) is 0 Å². The van der Waals surface area contributed by atoms with Crippen molar-refractivity contribution in [3.05, 3.63) is 29.8 Å². The van der Waals surface area contributed by atoms with Crippen LogP contribution in [0.3, 0.4) is 0 Å². The van der Waals surface area contributed by atoms with Gasteiger partial charge < -0.3 is 10.1 Å². The van der Waals surface area contributed by atoms with Crippen molar-refractivity contribution in [2.24, 2.45) is 0 Å². The summed E-state index contributed by atoms with van der Waals surface area (Å²) in [4.78, 5) is 0. The van der Waals surface area contributed by atoms with E-state index in [9.17, 15) is 8.78 Å². The van der Waals surface area contributed by atoms with E-state index in [0.717, 1.165) is 24.8 Å². The molecule has 0 aromatic heterocycles. The third-order valence-electron chi connectivity index (χ3n) is 3.49. The molecule has 0 aliphatic rings. The highest BCUT2D eigenvalue weighted by molar-refractivity contribution is 5.35. The Hall–Kier alpha value is -1.16. The van der Waals surface area contributed by atoms with Gasteiger partial charge in [-0.15, -0.1) is 0 Å². The number of hydrogen-bond donors (Lipinski definition) is 1. The molecule has 114 valence electrons. The average molecular weight is 285 g/mol. The van der Waals surface area contributed by atoms with Crippen LogP contribution in [0.4, 0.5) is 8.78 Å². The molecule has 2 atom stereocenters. The van der Waals surface area contributed by atoms with Crippen LogP contribution in [0.15, 0.2) is 24.3 Å². The monoisotopic (exact) mass is 285 g/mol. The lowest BCUT2D eigenvalue weighted by molar-refractivity contribution is -0.0506. The minimum absolute atomic E-state index is 0.00763. The van der Waals surface area contributed by atoms with E-state index in [4.69, 9.17) is 0 Å². The quantitative estimate of drug-likeness (QED) is 0.696. The largest absolute Gasteiger partial charge is 0.434 e. The van der Waals surface area contributed by atoms with Crippen molar-refractivity contribution in [1.82, 2.24) is 5.32 Å². The molecule has 0 heterocycles. The van der Waals surface area contributed by atoms with Crippen LogP contribution in [0.5, 0.6) is 5.75 Å². The highest BCUT2D eigenvalue weighted by atomic mass is 19.3. The Balaban J connectivity index is 2.72. The van der Waals surface area contributed by atoms with Gasteiger partial charge in [0.15, 0.2) is 0 Å². The molecule has 1 aromatic carbocycles. The molecule has 2 unspecified atom stereocenters. The van der Waals surface area contributed by atoms with E-state index in [2.05, 4.69) is 23.9 Å². The number of alkyl halides is 2. The minimum atomic E-state index is -2.79. The van der Waals surface area contributed by atoms with Crippen molar-refractivity contribution < 1.29 is 13.5 Å². The van der Waals surface area contributed by atoms with Gasteiger partial charge >= 0.3 is 6.61 Å². The first kappa shape index (κ1) is 16.9. The van der Waals surface area contributed by atoms with Crippen molar-refractivity contribution >= 4 is 0 Å². The maximum atomic E-state index is 12.4. The number of para-hydroxylation sites is 1. The van der Waals surface area contributed by atoms with Crippen LogP contribution in [0.1, 0.15) is 58.1 Å². The van der Waals surface area contributed by atoms with Crippen LogP contribution in [0.2, 0.25) is 0 Å². The van der Waals surface area contributed by atoms with Gasteiger partial charge in [-0.2, -0.15) is 8.78 Å². The van der Waals surface area contributed by atoms with Gasteiger partial charge in [-0.1, -0.05) is 44.9 Å². The van der Waals surface area contributed by atoms with Gasteiger partial charge in [-0.3, -0.25) is 0 Å². The van der Waals surface area contributed by atoms with E-state index in [1.807, 2.05) is 19.1 Å². The fourth-order valence-electron chi connectivity index (χ4n) is 2.34. The lowest BCUT2D eigenvalue weighted by Crippen LogP contribution is -2.31. The molecule has 2 nitrogen and oxygen atoms in total. The Morgan fingerprint density at radius 1 is 1.20 bits per heavy atom. The van der Waals surface area contributed by atoms with Gasteiger partial charge in [-0.05, 0) is 25.8 Å². The second-order valence-electron chi connectivity index (χ2n) is 5.05. The molecule has 0 aliphatic heterocycles. The average Bonchev–Trinajstić information content (AvgIpc) is 2.43. The van der Waals surface area contributed by atoms with E-state index >= 15 is 0 Å². The second kappa shape index (κ2) is 8.90. The van der Waals surface area contributed by atoms with E-state index < -0.39 is 6.61 Å². The lowest BCUT2D eigenvalue weighted by atomic mass is 10.0. The topological polar surface area (TPSA) is 21.3 Å². The van der Waals surface area contributed by atoms with E-state index in [-0.39, 0.29) is 11.8 Å². The zero-order chi connectivity index (χ0) is 15.0. The zero-order valence-corrected chi connectivity index (χ0v) is 12.5. The molecule has 1 rings (SSSR count). The normalized spacial score (nSPS) is 14.3. The van der Waals surface area contributed by atoms with Gasteiger partial charge in [0.2, 0.25) is 0 Å². The summed E-state index contributed by atoms with van der Waals surface area (Å²) >= 11 is 0. The lowest BCUT2D eigenvalue weighted by Gasteiger charge is -2.24. The summed E-state index contributed by atoms with van der Waals surface area (Å²) in [6.45, 7) is 3.51. The first-order valence-corrected chi connectivity index (χ1v) is 7.38. The van der Waals surface area contributed by atoms with Crippen molar-refractivity contribution in [2.45, 2.75) is 65.1 Å². The highest BCUT2D eigenvalue weighted by Gasteiger charge is 2.16. The maximum Gasteiger partial charge on any atom is 0.387 e. The number of hydrogen-bond acceptors (Lipinski definition) is 2. The Morgan fingerprint density at radius 2 is 1.90 bits per heavy atom. The van der Waals surface area contributed by atoms with Crippen LogP contribution < -0.4 is 10.1 Å². The molecule has 0 fully saturated rings. The van der Waals surface area contributed by atoms with Crippen LogP contribution in [-0.2, 0) is 0 Å². The number of unbranched alkanes of at least 4 members (excludes halogenated alkanes) is 1. The summed E-state index contributed by atoms with van der Waals surface area (Å²) < 4.78 is 29.4. The third-order valence-corrected chi connectivity index (χ3v) is 3.49. The summed E-state index contributed by atoms with van der Waals surface area (Å²) in [5.74, 6) is 0.257. The molecule has 0 saturated carbocycles. The molecule has 0 radical (unpaired) electrons. The van der Waals surface area contributed by atoms with Gasteiger partial charge in [0.1, 0.15) is 5.75 Å². The second-order valence-corrected chi connectivity index (χ2v) is 5.05. The van der Waals surface area contributed by atoms with E-state index in [0.29, 0.717) is 6.04 Å². The predicted octanol–water partition coefficient (Wildman–Crippen LogP) is 4.91. The molecule has 0 aliphatic carbocycles. The van der Waals surface area contributed by atoms with Crippen molar-refractivity contribution in [1.29, 1.82) is 0 Å². The first-order valence-electron chi connectivity index (χ1n) is 7.38. The van der Waals surface area contributed by atoms with Crippen LogP contribution >= 0.6 is 0 Å². The Bertz CT molecular complexity index is 384. The third kappa shape index (κ3) is 5.45. The summed E-state index contributed by atoms with van der Waals surface area (Å²) in [6.07, 6.45) is 4.47. The number of rotatable bonds is 9. The van der Waals surface area contributed by atoms with E-state index in [1.165, 1.54) is 6.42 Å². The summed E-state index contributed by atoms with van der Waals surface area (Å²) in [6, 6.07) is 7.38. The summed E-state index contributed by atoms with van der Waals surface area (Å²) in [5, 5.41) is 3.51. The molecule has 4 heteroatoms. The molecule has 0 bridgehead atoms. The number of benzene rings is 1. The molecular weight excluding hydrogens is 260 g/mol. The molecule has 0 amide bonds. The van der Waals surface area contributed by atoms with Crippen molar-refractivity contribution in [3.8, 4) is 5.75 Å². The Morgan fingerprint density at radius 3 is 2.50 bits per heavy atom. The fraction of sp³-hybridized carbons (Fsp3) is 0.625. The Labute approximate surface area is 120 Å². The van der Waals surface area contributed by atoms with Crippen LogP contribution in [0.25, 0.3) is 0 Å². The van der Waals surface area contributed by atoms with Crippen molar-refractivity contribution in [3.63, 3.8) is 0 Å². The predicted molar refractivity (Wildman–Crippen MR) is 78.2 cm³/mol. The standard InChI is InChI=1S/C16H25F2NO/c1-4-6-9-13(5-2)19-12(3)14-10-7-8-11-15(14)20-16(17)18/h7-8,10-13,16,19H,4-6,9H2,1-3H3. The van der Waals surface area contributed by atoms with Gasteiger partial charge in [0, 0.05) is 17.6 Å². The molecular formula is C16H25F2NO. The number of ether oxygens (including phenoxy) is 1. The molecule has 1 aromatic rings. The molecule has 0 spiro atoms. The molecule has 0 saturated heterocycles. The van der Waals surface area contributed by atoms with E-state index in [1.54, 1.807) is 12.1 Å². The fourth-order valence-corrected chi connectivity index (χ4v) is 2.34. The van der Waals surface area contributed by atoms with Gasteiger partial charge in [-0.25, -0.2) is 0 Å². The molecule has 1 N–H and O–H groups in total. The number of halogens is 2. The first-order chi connectivity index (χ1) is 9.58. The smallest absolute Gasteiger partial charge is 0.387 e. The van der Waals surface area contributed by atoms with Crippen molar-refractivity contribution in [2.75, 3.05) is 0 Å². The number of nitrogens with one attached hydrogen (secondary N) is 1. The van der Waals surface area contributed by atoms with Gasteiger partial charge in [0.05, 0.1) is 0 Å². The minimum Gasteiger partial charge on any atom is -0.434 e. The summed E-state index contributed by atoms with van der Waals surface area (Å²) in [7, 11) is 0. The zero-order valence-electron chi connectivity index (χ0n) is 12.5. The Kier molecular flexibility index (Phi) is 7.52. The maximum absolute atomic E-state index is 12.4. The molecule has 20 heavy (non-hydrogen) atoms.